The molecule has 1 aliphatic rings. The Labute approximate surface area is 101 Å². The standard InChI is InChI=1S/C14H29NO/c1-4-13-8-7-9-14(13)15-10-5-6-11-16-12(2)3/h12-15H,4-11H2,1-3H3. The zero-order chi connectivity index (χ0) is 11.8. The molecule has 1 fully saturated rings. The van der Waals surface area contributed by atoms with Crippen molar-refractivity contribution in [3.8, 4) is 0 Å². The van der Waals surface area contributed by atoms with Crippen LogP contribution in [0.3, 0.4) is 0 Å². The number of nitrogens with one attached hydrogen (secondary N) is 1. The Bertz CT molecular complexity index is 170. The van der Waals surface area contributed by atoms with E-state index in [1.165, 1.54) is 45.1 Å². The SMILES string of the molecule is CCC1CCCC1NCCCCOC(C)C. The van der Waals surface area contributed by atoms with Gasteiger partial charge < -0.3 is 10.1 Å². The Morgan fingerprint density at radius 3 is 2.75 bits per heavy atom. The lowest BCUT2D eigenvalue weighted by Gasteiger charge is -2.19. The molecule has 0 aromatic rings. The Morgan fingerprint density at radius 1 is 1.25 bits per heavy atom. The third kappa shape index (κ3) is 5.31. The lowest BCUT2D eigenvalue weighted by Crippen LogP contribution is -2.32. The van der Waals surface area contributed by atoms with Gasteiger partial charge in [-0.3, -0.25) is 0 Å². The second-order valence-electron chi connectivity index (χ2n) is 5.29. The van der Waals surface area contributed by atoms with Gasteiger partial charge >= 0.3 is 0 Å². The molecule has 0 amide bonds. The van der Waals surface area contributed by atoms with Crippen LogP contribution in [0.15, 0.2) is 0 Å². The Kier molecular flexibility index (Phi) is 7.06. The van der Waals surface area contributed by atoms with Gasteiger partial charge in [0, 0.05) is 12.6 Å². The van der Waals surface area contributed by atoms with Crippen LogP contribution in [0.1, 0.15) is 59.3 Å². The summed E-state index contributed by atoms with van der Waals surface area (Å²) in [5.41, 5.74) is 0. The molecule has 0 aromatic carbocycles. The highest BCUT2D eigenvalue weighted by Crippen LogP contribution is 2.27. The van der Waals surface area contributed by atoms with Gasteiger partial charge in [-0.25, -0.2) is 0 Å². The van der Waals surface area contributed by atoms with Crippen LogP contribution in [0, 0.1) is 5.92 Å². The molecule has 0 bridgehead atoms. The van der Waals surface area contributed by atoms with E-state index in [1.54, 1.807) is 0 Å². The van der Waals surface area contributed by atoms with Gasteiger partial charge in [0.2, 0.25) is 0 Å². The smallest absolute Gasteiger partial charge is 0.0518 e. The first-order chi connectivity index (χ1) is 7.74. The van der Waals surface area contributed by atoms with Crippen molar-refractivity contribution in [1.82, 2.24) is 5.32 Å². The van der Waals surface area contributed by atoms with Gasteiger partial charge in [-0.15, -0.1) is 0 Å². The van der Waals surface area contributed by atoms with Crippen molar-refractivity contribution < 1.29 is 4.74 Å². The molecule has 0 radical (unpaired) electrons. The minimum Gasteiger partial charge on any atom is -0.379 e. The Morgan fingerprint density at radius 2 is 2.06 bits per heavy atom. The minimum atomic E-state index is 0.382. The summed E-state index contributed by atoms with van der Waals surface area (Å²) in [4.78, 5) is 0. The highest BCUT2D eigenvalue weighted by molar-refractivity contribution is 4.81. The maximum Gasteiger partial charge on any atom is 0.0518 e. The van der Waals surface area contributed by atoms with Crippen molar-refractivity contribution in [2.75, 3.05) is 13.2 Å². The summed E-state index contributed by atoms with van der Waals surface area (Å²) in [5.74, 6) is 0.937. The van der Waals surface area contributed by atoms with E-state index in [4.69, 9.17) is 4.74 Å². The second kappa shape index (κ2) is 8.08. The average molecular weight is 227 g/mol. The van der Waals surface area contributed by atoms with E-state index in [-0.39, 0.29) is 0 Å². The highest BCUT2D eigenvalue weighted by Gasteiger charge is 2.24. The fraction of sp³-hybridized carbons (Fsp3) is 1.00. The first-order valence-corrected chi connectivity index (χ1v) is 7.09. The summed E-state index contributed by atoms with van der Waals surface area (Å²) in [6.45, 7) is 8.61. The summed E-state index contributed by atoms with van der Waals surface area (Å²) in [5, 5.41) is 3.72. The zero-order valence-corrected chi connectivity index (χ0v) is 11.3. The molecule has 0 spiro atoms. The molecule has 96 valence electrons. The van der Waals surface area contributed by atoms with E-state index in [2.05, 4.69) is 26.1 Å². The molecule has 2 unspecified atom stereocenters. The normalized spacial score (nSPS) is 25.5. The van der Waals surface area contributed by atoms with Gasteiger partial charge in [-0.2, -0.15) is 0 Å². The van der Waals surface area contributed by atoms with E-state index >= 15 is 0 Å². The lowest BCUT2D eigenvalue weighted by molar-refractivity contribution is 0.0759. The van der Waals surface area contributed by atoms with E-state index in [0.717, 1.165) is 18.6 Å². The monoisotopic (exact) mass is 227 g/mol. The summed E-state index contributed by atoms with van der Waals surface area (Å²) in [7, 11) is 0. The molecule has 1 aliphatic carbocycles. The van der Waals surface area contributed by atoms with Crippen molar-refractivity contribution in [1.29, 1.82) is 0 Å². The Balaban J connectivity index is 1.94. The van der Waals surface area contributed by atoms with Crippen LogP contribution in [0.25, 0.3) is 0 Å². The van der Waals surface area contributed by atoms with Crippen LogP contribution in [-0.2, 0) is 4.74 Å². The van der Waals surface area contributed by atoms with Crippen molar-refractivity contribution in [2.45, 2.75) is 71.4 Å². The molecule has 2 nitrogen and oxygen atoms in total. The molecule has 1 saturated carbocycles. The molecule has 16 heavy (non-hydrogen) atoms. The molecular weight excluding hydrogens is 198 g/mol. The van der Waals surface area contributed by atoms with Crippen LogP contribution in [0.2, 0.25) is 0 Å². The van der Waals surface area contributed by atoms with E-state index in [9.17, 15) is 0 Å². The highest BCUT2D eigenvalue weighted by atomic mass is 16.5. The Hall–Kier alpha value is -0.0800. The fourth-order valence-corrected chi connectivity index (χ4v) is 2.63. The lowest BCUT2D eigenvalue weighted by atomic mass is 10.0. The molecule has 0 aliphatic heterocycles. The van der Waals surface area contributed by atoms with Crippen LogP contribution in [-0.4, -0.2) is 25.3 Å². The number of ether oxygens (including phenoxy) is 1. The van der Waals surface area contributed by atoms with Gasteiger partial charge in [0.05, 0.1) is 6.10 Å². The molecule has 0 saturated heterocycles. The summed E-state index contributed by atoms with van der Waals surface area (Å²) in [6.07, 6.45) is 8.41. The summed E-state index contributed by atoms with van der Waals surface area (Å²) < 4.78 is 5.53. The number of hydrogen-bond donors (Lipinski definition) is 1. The molecule has 1 N–H and O–H groups in total. The first kappa shape index (κ1) is 14.0. The van der Waals surface area contributed by atoms with Gasteiger partial charge in [0.15, 0.2) is 0 Å². The predicted octanol–water partition coefficient (Wildman–Crippen LogP) is 3.36. The largest absolute Gasteiger partial charge is 0.379 e. The summed E-state index contributed by atoms with van der Waals surface area (Å²) in [6, 6.07) is 0.802. The maximum atomic E-state index is 5.53. The summed E-state index contributed by atoms with van der Waals surface area (Å²) >= 11 is 0. The van der Waals surface area contributed by atoms with Gasteiger partial charge in [0.25, 0.3) is 0 Å². The van der Waals surface area contributed by atoms with E-state index in [0.29, 0.717) is 6.10 Å². The number of hydrogen-bond acceptors (Lipinski definition) is 2. The predicted molar refractivity (Wildman–Crippen MR) is 69.7 cm³/mol. The molecule has 0 aromatic heterocycles. The van der Waals surface area contributed by atoms with E-state index < -0.39 is 0 Å². The third-order valence-electron chi connectivity index (χ3n) is 3.61. The average Bonchev–Trinajstić information content (AvgIpc) is 2.70. The van der Waals surface area contributed by atoms with Crippen LogP contribution < -0.4 is 5.32 Å². The molecule has 0 heterocycles. The van der Waals surface area contributed by atoms with Crippen LogP contribution in [0.4, 0.5) is 0 Å². The van der Waals surface area contributed by atoms with E-state index in [1.807, 2.05) is 0 Å². The zero-order valence-electron chi connectivity index (χ0n) is 11.3. The van der Waals surface area contributed by atoms with Gasteiger partial charge in [-0.1, -0.05) is 19.8 Å². The number of rotatable bonds is 8. The second-order valence-corrected chi connectivity index (χ2v) is 5.29. The van der Waals surface area contributed by atoms with Crippen molar-refractivity contribution in [3.05, 3.63) is 0 Å². The first-order valence-electron chi connectivity index (χ1n) is 7.09. The minimum absolute atomic E-state index is 0.382. The fourth-order valence-electron chi connectivity index (χ4n) is 2.63. The number of unbranched alkanes of at least 4 members (excludes halogenated alkanes) is 1. The van der Waals surface area contributed by atoms with Crippen LogP contribution in [0.5, 0.6) is 0 Å². The van der Waals surface area contributed by atoms with Crippen LogP contribution >= 0.6 is 0 Å². The molecule has 2 heteroatoms. The van der Waals surface area contributed by atoms with Crippen molar-refractivity contribution in [2.24, 2.45) is 5.92 Å². The van der Waals surface area contributed by atoms with Gasteiger partial charge in [-0.05, 0) is 52.0 Å². The van der Waals surface area contributed by atoms with Crippen molar-refractivity contribution >= 4 is 0 Å². The maximum absolute atomic E-state index is 5.53. The van der Waals surface area contributed by atoms with Crippen molar-refractivity contribution in [3.63, 3.8) is 0 Å². The molecule has 2 atom stereocenters. The molecular formula is C14H29NO. The quantitative estimate of drug-likeness (QED) is 0.642. The molecule has 1 rings (SSSR count). The third-order valence-corrected chi connectivity index (χ3v) is 3.61. The topological polar surface area (TPSA) is 21.3 Å². The van der Waals surface area contributed by atoms with Gasteiger partial charge in [0.1, 0.15) is 0 Å².